The minimum absolute atomic E-state index is 0.0349. The van der Waals surface area contributed by atoms with Gasteiger partial charge in [-0.05, 0) is 32.0 Å². The maximum atomic E-state index is 11.9. The van der Waals surface area contributed by atoms with Crippen molar-refractivity contribution >= 4 is 11.8 Å². The highest BCUT2D eigenvalue weighted by Crippen LogP contribution is 2.33. The second-order valence-corrected chi connectivity index (χ2v) is 4.66. The van der Waals surface area contributed by atoms with E-state index >= 15 is 0 Å². The number of hydrogen-bond donors (Lipinski definition) is 0. The topological polar surface area (TPSA) is 52.6 Å². The number of ketones is 1. The molecule has 0 radical (unpaired) electrons. The zero-order valence-corrected chi connectivity index (χ0v) is 10.1. The highest BCUT2D eigenvalue weighted by atomic mass is 16.5. The van der Waals surface area contributed by atoms with Crippen LogP contribution < -0.4 is 4.74 Å². The summed E-state index contributed by atoms with van der Waals surface area (Å²) in [5, 5.41) is 0. The Morgan fingerprint density at radius 1 is 1.41 bits per heavy atom. The fourth-order valence-electron chi connectivity index (χ4n) is 1.90. The number of methoxy groups -OCH3 is 1. The van der Waals surface area contributed by atoms with E-state index in [0.29, 0.717) is 23.3 Å². The molecule has 90 valence electrons. The van der Waals surface area contributed by atoms with Crippen molar-refractivity contribution in [1.29, 1.82) is 0 Å². The normalized spacial score (nSPS) is 17.0. The molecular formula is C13H14O4. The first-order valence-corrected chi connectivity index (χ1v) is 5.37. The SMILES string of the molecule is COC(=O)c1ccc2c(c1)OC(C)(C)CC2=O. The second kappa shape index (κ2) is 3.87. The number of carbonyl (C=O) groups excluding carboxylic acids is 2. The van der Waals surface area contributed by atoms with E-state index in [1.54, 1.807) is 18.2 Å². The van der Waals surface area contributed by atoms with Gasteiger partial charge in [0, 0.05) is 0 Å². The van der Waals surface area contributed by atoms with E-state index in [2.05, 4.69) is 4.74 Å². The van der Waals surface area contributed by atoms with Crippen LogP contribution in [0.15, 0.2) is 18.2 Å². The van der Waals surface area contributed by atoms with Crippen molar-refractivity contribution in [3.05, 3.63) is 29.3 Å². The first-order chi connectivity index (χ1) is 7.93. The Bertz CT molecular complexity index is 488. The first kappa shape index (κ1) is 11.6. The van der Waals surface area contributed by atoms with Crippen LogP contribution >= 0.6 is 0 Å². The molecule has 0 atom stereocenters. The van der Waals surface area contributed by atoms with Gasteiger partial charge in [0.15, 0.2) is 5.78 Å². The lowest BCUT2D eigenvalue weighted by Crippen LogP contribution is -2.36. The molecule has 0 amide bonds. The van der Waals surface area contributed by atoms with Crippen molar-refractivity contribution < 1.29 is 19.1 Å². The van der Waals surface area contributed by atoms with Crippen molar-refractivity contribution in [2.24, 2.45) is 0 Å². The number of ether oxygens (including phenoxy) is 2. The third-order valence-electron chi connectivity index (χ3n) is 2.68. The van der Waals surface area contributed by atoms with Crippen LogP contribution in [0.5, 0.6) is 5.75 Å². The predicted octanol–water partition coefficient (Wildman–Crippen LogP) is 2.22. The molecule has 0 bridgehead atoms. The molecule has 0 spiro atoms. The van der Waals surface area contributed by atoms with E-state index in [-0.39, 0.29) is 5.78 Å². The largest absolute Gasteiger partial charge is 0.487 e. The molecule has 1 aromatic carbocycles. The van der Waals surface area contributed by atoms with Gasteiger partial charge in [-0.2, -0.15) is 0 Å². The molecular weight excluding hydrogens is 220 g/mol. The minimum atomic E-state index is -0.529. The summed E-state index contributed by atoms with van der Waals surface area (Å²) >= 11 is 0. The van der Waals surface area contributed by atoms with E-state index < -0.39 is 11.6 Å². The standard InChI is InChI=1S/C13H14O4/c1-13(2)7-10(14)9-5-4-8(12(15)16-3)6-11(9)17-13/h4-6H,7H2,1-3H3. The third-order valence-corrected chi connectivity index (χ3v) is 2.68. The number of esters is 1. The van der Waals surface area contributed by atoms with Crippen molar-refractivity contribution in [1.82, 2.24) is 0 Å². The van der Waals surface area contributed by atoms with E-state index in [1.165, 1.54) is 7.11 Å². The monoisotopic (exact) mass is 234 g/mol. The van der Waals surface area contributed by atoms with Gasteiger partial charge >= 0.3 is 5.97 Å². The molecule has 1 heterocycles. The summed E-state index contributed by atoms with van der Waals surface area (Å²) < 4.78 is 10.3. The molecule has 1 aliphatic rings. The number of benzene rings is 1. The summed E-state index contributed by atoms with van der Waals surface area (Å²) in [7, 11) is 1.32. The van der Waals surface area contributed by atoms with E-state index in [1.807, 2.05) is 13.8 Å². The van der Waals surface area contributed by atoms with Crippen molar-refractivity contribution in [3.8, 4) is 5.75 Å². The summed E-state index contributed by atoms with van der Waals surface area (Å²) in [6.07, 6.45) is 0.345. The summed E-state index contributed by atoms with van der Waals surface area (Å²) in [5.41, 5.74) is 0.382. The molecule has 2 rings (SSSR count). The smallest absolute Gasteiger partial charge is 0.337 e. The number of carbonyl (C=O) groups is 2. The molecule has 1 aliphatic heterocycles. The summed E-state index contributed by atoms with van der Waals surface area (Å²) in [6, 6.07) is 4.74. The third kappa shape index (κ3) is 2.16. The highest BCUT2D eigenvalue weighted by Gasteiger charge is 2.32. The van der Waals surface area contributed by atoms with Crippen LogP contribution in [0.1, 0.15) is 41.0 Å². The van der Waals surface area contributed by atoms with Crippen LogP contribution in [0.3, 0.4) is 0 Å². The number of fused-ring (bicyclic) bond motifs is 1. The van der Waals surface area contributed by atoms with Gasteiger partial charge in [0.1, 0.15) is 11.4 Å². The highest BCUT2D eigenvalue weighted by molar-refractivity contribution is 6.01. The molecule has 0 aromatic heterocycles. The predicted molar refractivity (Wildman–Crippen MR) is 61.4 cm³/mol. The molecule has 0 saturated carbocycles. The van der Waals surface area contributed by atoms with Gasteiger partial charge in [0.25, 0.3) is 0 Å². The second-order valence-electron chi connectivity index (χ2n) is 4.66. The quantitative estimate of drug-likeness (QED) is 0.699. The molecule has 4 nitrogen and oxygen atoms in total. The van der Waals surface area contributed by atoms with E-state index in [0.717, 1.165) is 0 Å². The molecule has 0 saturated heterocycles. The molecule has 4 heteroatoms. The summed E-state index contributed by atoms with van der Waals surface area (Å²) in [4.78, 5) is 23.2. The minimum Gasteiger partial charge on any atom is -0.487 e. The van der Waals surface area contributed by atoms with Gasteiger partial charge in [-0.3, -0.25) is 4.79 Å². The van der Waals surface area contributed by atoms with Crippen LogP contribution in [0, 0.1) is 0 Å². The Morgan fingerprint density at radius 2 is 2.12 bits per heavy atom. The Kier molecular flexibility index (Phi) is 2.65. The Morgan fingerprint density at radius 3 is 2.76 bits per heavy atom. The van der Waals surface area contributed by atoms with Gasteiger partial charge in [0.05, 0.1) is 24.7 Å². The fraction of sp³-hybridized carbons (Fsp3) is 0.385. The van der Waals surface area contributed by atoms with Crippen molar-refractivity contribution in [2.75, 3.05) is 7.11 Å². The van der Waals surface area contributed by atoms with Crippen LogP contribution in [0.25, 0.3) is 0 Å². The molecule has 17 heavy (non-hydrogen) atoms. The van der Waals surface area contributed by atoms with Gasteiger partial charge in [-0.15, -0.1) is 0 Å². The Labute approximate surface area is 99.5 Å². The van der Waals surface area contributed by atoms with Crippen LogP contribution in [0.4, 0.5) is 0 Å². The van der Waals surface area contributed by atoms with Gasteiger partial charge in [-0.25, -0.2) is 4.79 Å². The van der Waals surface area contributed by atoms with Gasteiger partial charge in [-0.1, -0.05) is 0 Å². The van der Waals surface area contributed by atoms with Crippen LogP contribution in [-0.2, 0) is 4.74 Å². The number of Topliss-reactive ketones (excluding diaryl/α,β-unsaturated/α-hetero) is 1. The zero-order valence-electron chi connectivity index (χ0n) is 10.1. The lowest BCUT2D eigenvalue weighted by atomic mass is 9.92. The molecule has 0 aliphatic carbocycles. The van der Waals surface area contributed by atoms with Crippen LogP contribution in [0.2, 0.25) is 0 Å². The van der Waals surface area contributed by atoms with Crippen LogP contribution in [-0.4, -0.2) is 24.5 Å². The zero-order chi connectivity index (χ0) is 12.6. The molecule has 0 unspecified atom stereocenters. The number of hydrogen-bond acceptors (Lipinski definition) is 4. The molecule has 0 fully saturated rings. The van der Waals surface area contributed by atoms with Crippen molar-refractivity contribution in [2.45, 2.75) is 25.9 Å². The number of rotatable bonds is 1. The summed E-state index contributed by atoms with van der Waals surface area (Å²) in [5.74, 6) is 0.0500. The maximum Gasteiger partial charge on any atom is 0.337 e. The van der Waals surface area contributed by atoms with E-state index in [4.69, 9.17) is 4.74 Å². The fourth-order valence-corrected chi connectivity index (χ4v) is 1.90. The molecule has 1 aromatic rings. The van der Waals surface area contributed by atoms with E-state index in [9.17, 15) is 9.59 Å². The Balaban J connectivity index is 2.45. The Hall–Kier alpha value is -1.84. The summed E-state index contributed by atoms with van der Waals surface area (Å²) in [6.45, 7) is 3.69. The molecule has 0 N–H and O–H groups in total. The average Bonchev–Trinajstić information content (AvgIpc) is 2.25. The van der Waals surface area contributed by atoms with Gasteiger partial charge < -0.3 is 9.47 Å². The van der Waals surface area contributed by atoms with Crippen molar-refractivity contribution in [3.63, 3.8) is 0 Å². The first-order valence-electron chi connectivity index (χ1n) is 5.37. The van der Waals surface area contributed by atoms with Gasteiger partial charge in [0.2, 0.25) is 0 Å². The lowest BCUT2D eigenvalue weighted by molar-refractivity contribution is 0.0575. The lowest BCUT2D eigenvalue weighted by Gasteiger charge is -2.31. The average molecular weight is 234 g/mol. The maximum absolute atomic E-state index is 11.9.